The van der Waals surface area contributed by atoms with E-state index in [0.29, 0.717) is 24.8 Å². The largest absolute Gasteiger partial charge is 1.00 e. The molecule has 0 aliphatic carbocycles. The Morgan fingerprint density at radius 2 is 2.24 bits per heavy atom. The maximum Gasteiger partial charge on any atom is 0.341 e. The van der Waals surface area contributed by atoms with Crippen LogP contribution < -0.4 is 28.5 Å². The second-order valence-electron chi connectivity index (χ2n) is 6.58. The van der Waals surface area contributed by atoms with Gasteiger partial charge in [0.15, 0.2) is 10.8 Å². The second kappa shape index (κ2) is 8.33. The number of carbonyl (C=O) groups is 1. The first-order valence-electron chi connectivity index (χ1n) is 8.49. The predicted octanol–water partition coefficient (Wildman–Crippen LogP) is -2.60. The lowest BCUT2D eigenvalue weighted by atomic mass is 10.1. The average molecular weight is 460 g/mol. The van der Waals surface area contributed by atoms with Gasteiger partial charge in [0, 0.05) is 30.2 Å². The van der Waals surface area contributed by atoms with Crippen molar-refractivity contribution in [2.75, 3.05) is 19.6 Å². The van der Waals surface area contributed by atoms with Gasteiger partial charge in [-0.2, -0.15) is 9.37 Å². The van der Waals surface area contributed by atoms with Gasteiger partial charge in [-0.15, -0.1) is 22.9 Å². The van der Waals surface area contributed by atoms with Crippen LogP contribution in [-0.4, -0.2) is 50.6 Å². The summed E-state index contributed by atoms with van der Waals surface area (Å²) in [6.07, 6.45) is 2.72. The number of alkyl halides is 1. The van der Waals surface area contributed by atoms with Crippen molar-refractivity contribution in [2.45, 2.75) is 5.38 Å². The first-order valence-corrected chi connectivity index (χ1v) is 9.80. The lowest BCUT2D eigenvalue weighted by Gasteiger charge is -2.14. The van der Waals surface area contributed by atoms with Crippen LogP contribution in [0.15, 0.2) is 28.6 Å². The van der Waals surface area contributed by atoms with Crippen LogP contribution in [0.4, 0.5) is 10.2 Å². The number of halogens is 3. The van der Waals surface area contributed by atoms with Gasteiger partial charge in [0.25, 0.3) is 5.82 Å². The normalized spacial score (nSPS) is 21.3. The summed E-state index contributed by atoms with van der Waals surface area (Å²) in [5.41, 5.74) is 4.61. The first kappa shape index (κ1) is 21.6. The SMILES string of the molecule is NC[C@H]1C[NH+](c2nc3c(cc2F)c(=O)c(C(=O)O)cn3-c2nccs2)C[C@H]1Cl.[Cl-]. The highest BCUT2D eigenvalue weighted by Gasteiger charge is 2.37. The van der Waals surface area contributed by atoms with Gasteiger partial charge < -0.3 is 23.2 Å². The van der Waals surface area contributed by atoms with Crippen LogP contribution in [0.1, 0.15) is 10.4 Å². The van der Waals surface area contributed by atoms with Crippen LogP contribution in [-0.2, 0) is 0 Å². The number of fused-ring (bicyclic) bond motifs is 1. The number of aromatic nitrogens is 3. The maximum atomic E-state index is 14.9. The van der Waals surface area contributed by atoms with Gasteiger partial charge in [-0.1, -0.05) is 0 Å². The van der Waals surface area contributed by atoms with Gasteiger partial charge in [-0.25, -0.2) is 9.78 Å². The quantitative estimate of drug-likeness (QED) is 0.368. The minimum atomic E-state index is -1.40. The van der Waals surface area contributed by atoms with Gasteiger partial charge in [-0.3, -0.25) is 14.3 Å². The number of rotatable bonds is 4. The standard InChI is InChI=1S/C17H15ClFN5O3S.ClH/c18-11-7-23(5-8(11)4-20)15-12(19)3-9-13(25)10(16(26)27)6-24(14(9)22-15)17-21-1-2-28-17;/h1-3,6,8,11H,4-5,7,20H2,(H,26,27);1H/t8-,11+;/m0./s1. The van der Waals surface area contributed by atoms with E-state index in [1.807, 2.05) is 0 Å². The van der Waals surface area contributed by atoms with Crippen LogP contribution in [0.5, 0.6) is 0 Å². The molecule has 154 valence electrons. The van der Waals surface area contributed by atoms with Crippen LogP contribution in [0.25, 0.3) is 16.2 Å². The van der Waals surface area contributed by atoms with Crippen molar-refractivity contribution in [3.8, 4) is 5.13 Å². The zero-order valence-electron chi connectivity index (χ0n) is 14.8. The predicted molar refractivity (Wildman–Crippen MR) is 102 cm³/mol. The topological polar surface area (TPSA) is 116 Å². The molecule has 0 spiro atoms. The number of aromatic carboxylic acids is 1. The number of nitrogens with two attached hydrogens (primary N) is 1. The van der Waals surface area contributed by atoms with Gasteiger partial charge in [0.2, 0.25) is 11.2 Å². The number of pyridine rings is 2. The van der Waals surface area contributed by atoms with Crippen LogP contribution in [0.3, 0.4) is 0 Å². The Labute approximate surface area is 179 Å². The summed E-state index contributed by atoms with van der Waals surface area (Å²) in [6, 6.07) is 1.04. The average Bonchev–Trinajstić information content (AvgIpc) is 3.31. The fourth-order valence-corrected chi connectivity index (χ4v) is 4.46. The van der Waals surface area contributed by atoms with Crippen molar-refractivity contribution in [1.82, 2.24) is 14.5 Å². The molecule has 1 fully saturated rings. The Morgan fingerprint density at radius 3 is 2.83 bits per heavy atom. The Balaban J connectivity index is 0.00000240. The van der Waals surface area contributed by atoms with Crippen molar-refractivity contribution in [3.05, 3.63) is 45.4 Å². The van der Waals surface area contributed by atoms with Crippen LogP contribution in [0, 0.1) is 11.7 Å². The molecule has 29 heavy (non-hydrogen) atoms. The summed E-state index contributed by atoms with van der Waals surface area (Å²) >= 11 is 7.55. The lowest BCUT2D eigenvalue weighted by molar-refractivity contribution is -0.823. The monoisotopic (exact) mass is 459 g/mol. The fourth-order valence-electron chi connectivity index (χ4n) is 3.46. The van der Waals surface area contributed by atoms with E-state index in [0.717, 1.165) is 11.0 Å². The summed E-state index contributed by atoms with van der Waals surface area (Å²) in [7, 11) is 0. The lowest BCUT2D eigenvalue weighted by Crippen LogP contribution is -3.06. The maximum absolute atomic E-state index is 14.9. The Morgan fingerprint density at radius 1 is 1.48 bits per heavy atom. The van der Waals surface area contributed by atoms with Gasteiger partial charge in [0.05, 0.1) is 17.3 Å². The highest BCUT2D eigenvalue weighted by Crippen LogP contribution is 2.22. The van der Waals surface area contributed by atoms with E-state index in [2.05, 4.69) is 9.97 Å². The third-order valence-electron chi connectivity index (χ3n) is 4.89. The summed E-state index contributed by atoms with van der Waals surface area (Å²) in [5, 5.41) is 11.2. The molecule has 1 aliphatic rings. The van der Waals surface area contributed by atoms with E-state index >= 15 is 0 Å². The molecule has 0 bridgehead atoms. The van der Waals surface area contributed by atoms with E-state index in [9.17, 15) is 19.1 Å². The number of nitrogens with zero attached hydrogens (tertiary/aromatic N) is 3. The van der Waals surface area contributed by atoms with Crippen LogP contribution in [0.2, 0.25) is 0 Å². The smallest absolute Gasteiger partial charge is 0.341 e. The number of nitrogens with one attached hydrogen (secondary N) is 1. The van der Waals surface area contributed by atoms with E-state index < -0.39 is 22.8 Å². The molecule has 0 aromatic carbocycles. The summed E-state index contributed by atoms with van der Waals surface area (Å²) in [4.78, 5) is 33.3. The van der Waals surface area contributed by atoms with Gasteiger partial charge >= 0.3 is 5.97 Å². The molecule has 1 unspecified atom stereocenters. The third-order valence-corrected chi connectivity index (χ3v) is 6.17. The first-order chi connectivity index (χ1) is 13.4. The highest BCUT2D eigenvalue weighted by molar-refractivity contribution is 7.12. The Kier molecular flexibility index (Phi) is 6.20. The van der Waals surface area contributed by atoms with E-state index in [1.54, 1.807) is 11.6 Å². The Hall–Kier alpha value is -2.11. The molecule has 3 aromatic heterocycles. The minimum absolute atomic E-state index is 0. The number of quaternary nitrogens is 1. The molecule has 1 aliphatic heterocycles. The summed E-state index contributed by atoms with van der Waals surface area (Å²) in [6.45, 7) is 1.36. The molecule has 4 rings (SSSR count). The van der Waals surface area contributed by atoms with Crippen molar-refractivity contribution >= 4 is 45.8 Å². The molecule has 3 atom stereocenters. The molecule has 4 heterocycles. The number of carboxylic acids is 1. The molecule has 12 heteroatoms. The molecule has 0 saturated carbocycles. The second-order valence-corrected chi connectivity index (χ2v) is 8.01. The summed E-state index contributed by atoms with van der Waals surface area (Å²) < 4.78 is 16.3. The zero-order chi connectivity index (χ0) is 20.0. The number of carboxylic acid groups (broad SMARTS) is 1. The molecular weight excluding hydrogens is 444 g/mol. The molecule has 0 amide bonds. The van der Waals surface area contributed by atoms with Crippen molar-refractivity contribution in [2.24, 2.45) is 11.7 Å². The minimum Gasteiger partial charge on any atom is -1.00 e. The highest BCUT2D eigenvalue weighted by atomic mass is 35.5. The Bertz CT molecular complexity index is 1120. The molecule has 1 saturated heterocycles. The summed E-state index contributed by atoms with van der Waals surface area (Å²) in [5.74, 6) is -1.93. The van der Waals surface area contributed by atoms with Gasteiger partial charge in [-0.05, 0) is 6.07 Å². The van der Waals surface area contributed by atoms with E-state index in [4.69, 9.17) is 17.3 Å². The molecular formula is C17H16Cl2FN5O3S. The molecule has 0 radical (unpaired) electrons. The third kappa shape index (κ3) is 3.74. The molecule has 3 aromatic rings. The number of hydrogen-bond donors (Lipinski definition) is 3. The van der Waals surface area contributed by atoms with Crippen molar-refractivity contribution in [3.63, 3.8) is 0 Å². The van der Waals surface area contributed by atoms with Crippen molar-refractivity contribution in [1.29, 1.82) is 0 Å². The van der Waals surface area contributed by atoms with E-state index in [-0.39, 0.29) is 40.6 Å². The van der Waals surface area contributed by atoms with Crippen molar-refractivity contribution < 1.29 is 31.6 Å². The van der Waals surface area contributed by atoms with Crippen LogP contribution >= 0.6 is 22.9 Å². The van der Waals surface area contributed by atoms with Gasteiger partial charge in [0.1, 0.15) is 12.1 Å². The number of hydrogen-bond acceptors (Lipinski definition) is 6. The van der Waals surface area contributed by atoms with E-state index in [1.165, 1.54) is 22.1 Å². The molecule has 4 N–H and O–H groups in total. The number of thiazole rings is 1. The fraction of sp³-hybridized carbons (Fsp3) is 0.294. The zero-order valence-corrected chi connectivity index (χ0v) is 17.1. The molecule has 8 nitrogen and oxygen atoms in total.